The van der Waals surface area contributed by atoms with E-state index in [1.54, 1.807) is 7.11 Å². The summed E-state index contributed by atoms with van der Waals surface area (Å²) in [5.74, 6) is 0. The van der Waals surface area contributed by atoms with Gasteiger partial charge in [-0.25, -0.2) is 0 Å². The smallest absolute Gasteiger partial charge is 0.0634 e. The SMILES string of the molecule is COC(C)(C)CCN1CC[C@@H](N)C1. The molecule has 1 aliphatic heterocycles. The Balaban J connectivity index is 2.19. The molecule has 1 atom stereocenters. The lowest BCUT2D eigenvalue weighted by atomic mass is 10.1. The van der Waals surface area contributed by atoms with E-state index in [0.717, 1.165) is 32.5 Å². The predicted octanol–water partition coefficient (Wildman–Crippen LogP) is 0.835. The first-order valence-electron chi connectivity index (χ1n) is 5.06. The molecule has 13 heavy (non-hydrogen) atoms. The van der Waals surface area contributed by atoms with E-state index in [-0.39, 0.29) is 5.60 Å². The summed E-state index contributed by atoms with van der Waals surface area (Å²) in [5, 5.41) is 0. The maximum atomic E-state index is 5.82. The van der Waals surface area contributed by atoms with Crippen LogP contribution in [0.2, 0.25) is 0 Å². The summed E-state index contributed by atoms with van der Waals surface area (Å²) in [7, 11) is 1.77. The second-order valence-corrected chi connectivity index (χ2v) is 4.56. The molecule has 3 heteroatoms. The van der Waals surface area contributed by atoms with E-state index in [4.69, 9.17) is 10.5 Å². The Hall–Kier alpha value is -0.120. The van der Waals surface area contributed by atoms with E-state index in [9.17, 15) is 0 Å². The molecular weight excluding hydrogens is 164 g/mol. The fraction of sp³-hybridized carbons (Fsp3) is 1.00. The first kappa shape index (κ1) is 11.0. The van der Waals surface area contributed by atoms with Crippen molar-refractivity contribution in [2.45, 2.75) is 38.3 Å². The number of rotatable bonds is 4. The van der Waals surface area contributed by atoms with Crippen molar-refractivity contribution < 1.29 is 4.74 Å². The number of hydrogen-bond acceptors (Lipinski definition) is 3. The van der Waals surface area contributed by atoms with Gasteiger partial charge >= 0.3 is 0 Å². The van der Waals surface area contributed by atoms with Gasteiger partial charge in [-0.1, -0.05) is 0 Å². The highest BCUT2D eigenvalue weighted by Crippen LogP contribution is 2.15. The average Bonchev–Trinajstić information content (AvgIpc) is 2.48. The molecule has 78 valence electrons. The van der Waals surface area contributed by atoms with Gasteiger partial charge in [0.25, 0.3) is 0 Å². The van der Waals surface area contributed by atoms with Gasteiger partial charge in [-0.3, -0.25) is 0 Å². The van der Waals surface area contributed by atoms with Crippen LogP contribution in [0, 0.1) is 0 Å². The molecule has 0 spiro atoms. The lowest BCUT2D eigenvalue weighted by molar-refractivity contribution is 0.00893. The van der Waals surface area contributed by atoms with Crippen LogP contribution in [-0.2, 0) is 4.74 Å². The third-order valence-corrected chi connectivity index (χ3v) is 2.89. The van der Waals surface area contributed by atoms with Gasteiger partial charge in [-0.05, 0) is 33.2 Å². The van der Waals surface area contributed by atoms with Crippen LogP contribution in [0.5, 0.6) is 0 Å². The van der Waals surface area contributed by atoms with Crippen molar-refractivity contribution >= 4 is 0 Å². The zero-order chi connectivity index (χ0) is 9.90. The van der Waals surface area contributed by atoms with Crippen LogP contribution in [0.4, 0.5) is 0 Å². The second kappa shape index (κ2) is 4.40. The summed E-state index contributed by atoms with van der Waals surface area (Å²) in [6, 6.07) is 0.394. The lowest BCUT2D eigenvalue weighted by Crippen LogP contribution is -2.32. The minimum absolute atomic E-state index is 0.00663. The molecule has 0 bridgehead atoms. The molecule has 0 aromatic heterocycles. The van der Waals surface area contributed by atoms with Crippen LogP contribution in [0.15, 0.2) is 0 Å². The molecule has 0 saturated carbocycles. The van der Waals surface area contributed by atoms with Crippen LogP contribution in [-0.4, -0.2) is 43.3 Å². The number of nitrogens with two attached hydrogens (primary N) is 1. The van der Waals surface area contributed by atoms with Gasteiger partial charge in [-0.2, -0.15) is 0 Å². The molecule has 0 amide bonds. The van der Waals surface area contributed by atoms with E-state index in [1.807, 2.05) is 0 Å². The molecule has 3 nitrogen and oxygen atoms in total. The van der Waals surface area contributed by atoms with Gasteiger partial charge in [0.05, 0.1) is 5.60 Å². The molecule has 1 fully saturated rings. The lowest BCUT2D eigenvalue weighted by Gasteiger charge is -2.25. The zero-order valence-corrected chi connectivity index (χ0v) is 9.05. The molecule has 0 aliphatic carbocycles. The van der Waals surface area contributed by atoms with Crippen molar-refractivity contribution in [3.05, 3.63) is 0 Å². The van der Waals surface area contributed by atoms with E-state index in [2.05, 4.69) is 18.7 Å². The normalized spacial score (nSPS) is 25.4. The van der Waals surface area contributed by atoms with Crippen molar-refractivity contribution in [2.24, 2.45) is 5.73 Å². The Morgan fingerprint density at radius 1 is 1.54 bits per heavy atom. The molecule has 0 radical (unpaired) electrons. The Kier molecular flexibility index (Phi) is 3.71. The molecule has 1 saturated heterocycles. The molecular formula is C10H22N2O. The summed E-state index contributed by atoms with van der Waals surface area (Å²) in [6.45, 7) is 7.57. The van der Waals surface area contributed by atoms with Gasteiger partial charge in [0.1, 0.15) is 0 Å². The van der Waals surface area contributed by atoms with Crippen molar-refractivity contribution in [3.8, 4) is 0 Å². The first-order chi connectivity index (χ1) is 6.03. The minimum Gasteiger partial charge on any atom is -0.379 e. The zero-order valence-electron chi connectivity index (χ0n) is 9.05. The Bertz CT molecular complexity index is 159. The molecule has 2 N–H and O–H groups in total. The van der Waals surface area contributed by atoms with Crippen LogP contribution in [0.25, 0.3) is 0 Å². The highest BCUT2D eigenvalue weighted by molar-refractivity contribution is 4.79. The van der Waals surface area contributed by atoms with Crippen molar-refractivity contribution in [3.63, 3.8) is 0 Å². The summed E-state index contributed by atoms with van der Waals surface area (Å²) >= 11 is 0. The summed E-state index contributed by atoms with van der Waals surface area (Å²) < 4.78 is 5.37. The quantitative estimate of drug-likeness (QED) is 0.707. The maximum Gasteiger partial charge on any atom is 0.0634 e. The highest BCUT2D eigenvalue weighted by atomic mass is 16.5. The number of nitrogens with zero attached hydrogens (tertiary/aromatic N) is 1. The largest absolute Gasteiger partial charge is 0.379 e. The Morgan fingerprint density at radius 2 is 2.23 bits per heavy atom. The van der Waals surface area contributed by atoms with Gasteiger partial charge in [0, 0.05) is 26.2 Å². The van der Waals surface area contributed by atoms with E-state index >= 15 is 0 Å². The Morgan fingerprint density at radius 3 is 2.69 bits per heavy atom. The second-order valence-electron chi connectivity index (χ2n) is 4.56. The number of ether oxygens (including phenoxy) is 1. The number of methoxy groups -OCH3 is 1. The Labute approximate surface area is 81.2 Å². The summed E-state index contributed by atoms with van der Waals surface area (Å²) in [6.07, 6.45) is 2.23. The summed E-state index contributed by atoms with van der Waals surface area (Å²) in [5.41, 5.74) is 5.83. The highest BCUT2D eigenvalue weighted by Gasteiger charge is 2.22. The molecule has 1 rings (SSSR count). The van der Waals surface area contributed by atoms with Crippen LogP contribution < -0.4 is 5.73 Å². The van der Waals surface area contributed by atoms with Crippen LogP contribution >= 0.6 is 0 Å². The average molecular weight is 186 g/mol. The number of hydrogen-bond donors (Lipinski definition) is 1. The van der Waals surface area contributed by atoms with Gasteiger partial charge in [0.2, 0.25) is 0 Å². The van der Waals surface area contributed by atoms with Crippen molar-refractivity contribution in [1.29, 1.82) is 0 Å². The van der Waals surface area contributed by atoms with Gasteiger partial charge in [0.15, 0.2) is 0 Å². The maximum absolute atomic E-state index is 5.82. The standard InChI is InChI=1S/C10H22N2O/c1-10(2,13-3)5-7-12-6-4-9(11)8-12/h9H,4-8,11H2,1-3H3/t9-/m1/s1. The van der Waals surface area contributed by atoms with E-state index in [1.165, 1.54) is 0 Å². The molecule has 0 unspecified atom stereocenters. The minimum atomic E-state index is 0.00663. The van der Waals surface area contributed by atoms with Crippen molar-refractivity contribution in [2.75, 3.05) is 26.7 Å². The monoisotopic (exact) mass is 186 g/mol. The van der Waals surface area contributed by atoms with Crippen LogP contribution in [0.3, 0.4) is 0 Å². The predicted molar refractivity (Wildman–Crippen MR) is 54.7 cm³/mol. The van der Waals surface area contributed by atoms with E-state index in [0.29, 0.717) is 6.04 Å². The van der Waals surface area contributed by atoms with Crippen LogP contribution in [0.1, 0.15) is 26.7 Å². The fourth-order valence-corrected chi connectivity index (χ4v) is 1.60. The third kappa shape index (κ3) is 3.63. The van der Waals surface area contributed by atoms with E-state index < -0.39 is 0 Å². The first-order valence-corrected chi connectivity index (χ1v) is 5.06. The molecule has 0 aromatic rings. The topological polar surface area (TPSA) is 38.5 Å². The molecule has 0 aromatic carbocycles. The fourth-order valence-electron chi connectivity index (χ4n) is 1.60. The number of likely N-dealkylation sites (tertiary alicyclic amines) is 1. The van der Waals surface area contributed by atoms with Gasteiger partial charge < -0.3 is 15.4 Å². The molecule has 1 heterocycles. The van der Waals surface area contributed by atoms with Gasteiger partial charge in [-0.15, -0.1) is 0 Å². The summed E-state index contributed by atoms with van der Waals surface area (Å²) in [4.78, 5) is 2.42. The van der Waals surface area contributed by atoms with Crippen molar-refractivity contribution in [1.82, 2.24) is 4.90 Å². The third-order valence-electron chi connectivity index (χ3n) is 2.89. The molecule has 1 aliphatic rings.